The van der Waals surface area contributed by atoms with E-state index >= 15 is 0 Å². The SMILES string of the molecule is CC1(C)OB(c2cccc(OCC(=O)Nc3ccccc3)c2)OC1(C)C. The minimum absolute atomic E-state index is 0.0677. The Morgan fingerprint density at radius 2 is 1.65 bits per heavy atom. The summed E-state index contributed by atoms with van der Waals surface area (Å²) in [5, 5.41) is 2.79. The molecular weight excluding hydrogens is 329 g/mol. The van der Waals surface area contributed by atoms with Crippen LogP contribution in [0.25, 0.3) is 0 Å². The number of carbonyl (C=O) groups excluding carboxylic acids is 1. The number of benzene rings is 2. The summed E-state index contributed by atoms with van der Waals surface area (Å²) >= 11 is 0. The Morgan fingerprint density at radius 1 is 1.00 bits per heavy atom. The van der Waals surface area contributed by atoms with Crippen LogP contribution in [0.2, 0.25) is 0 Å². The zero-order valence-electron chi connectivity index (χ0n) is 15.6. The lowest BCUT2D eigenvalue weighted by atomic mass is 9.79. The number of hydrogen-bond donors (Lipinski definition) is 1. The van der Waals surface area contributed by atoms with Crippen molar-refractivity contribution in [2.75, 3.05) is 11.9 Å². The van der Waals surface area contributed by atoms with E-state index in [9.17, 15) is 4.79 Å². The molecule has 1 amide bonds. The summed E-state index contributed by atoms with van der Waals surface area (Å²) in [6.45, 7) is 7.99. The van der Waals surface area contributed by atoms with Gasteiger partial charge >= 0.3 is 7.12 Å². The molecule has 0 bridgehead atoms. The van der Waals surface area contributed by atoms with Gasteiger partial charge in [-0.25, -0.2) is 0 Å². The van der Waals surface area contributed by atoms with Crippen LogP contribution >= 0.6 is 0 Å². The van der Waals surface area contributed by atoms with E-state index in [4.69, 9.17) is 14.0 Å². The smallest absolute Gasteiger partial charge is 0.484 e. The number of ether oxygens (including phenoxy) is 1. The second-order valence-electron chi connectivity index (χ2n) is 7.36. The Balaban J connectivity index is 1.61. The van der Waals surface area contributed by atoms with Crippen LogP contribution in [0.15, 0.2) is 54.6 Å². The summed E-state index contributed by atoms with van der Waals surface area (Å²) in [5.41, 5.74) is 0.811. The van der Waals surface area contributed by atoms with Gasteiger partial charge in [-0.3, -0.25) is 4.79 Å². The van der Waals surface area contributed by atoms with Gasteiger partial charge in [-0.15, -0.1) is 0 Å². The molecule has 26 heavy (non-hydrogen) atoms. The number of carbonyl (C=O) groups is 1. The van der Waals surface area contributed by atoms with Crippen LogP contribution in [0.4, 0.5) is 5.69 Å². The molecular formula is C20H24BNO4. The molecule has 0 saturated carbocycles. The molecule has 2 aromatic rings. The summed E-state index contributed by atoms with van der Waals surface area (Å²) in [4.78, 5) is 12.0. The lowest BCUT2D eigenvalue weighted by Crippen LogP contribution is -2.41. The van der Waals surface area contributed by atoms with E-state index in [2.05, 4.69) is 5.32 Å². The molecule has 1 heterocycles. The highest BCUT2D eigenvalue weighted by Gasteiger charge is 2.51. The molecule has 0 radical (unpaired) electrons. The fraction of sp³-hybridized carbons (Fsp3) is 0.350. The quantitative estimate of drug-likeness (QED) is 0.840. The maximum atomic E-state index is 12.0. The van der Waals surface area contributed by atoms with Crippen LogP contribution in [-0.2, 0) is 14.1 Å². The third-order valence-electron chi connectivity index (χ3n) is 4.81. The Morgan fingerprint density at radius 3 is 2.31 bits per heavy atom. The molecule has 1 aliphatic rings. The minimum Gasteiger partial charge on any atom is -0.484 e. The molecule has 0 unspecified atom stereocenters. The van der Waals surface area contributed by atoms with E-state index in [1.807, 2.05) is 82.3 Å². The molecule has 1 aliphatic heterocycles. The molecule has 1 N–H and O–H groups in total. The van der Waals surface area contributed by atoms with Gasteiger partial charge in [0.25, 0.3) is 5.91 Å². The van der Waals surface area contributed by atoms with Crippen molar-refractivity contribution in [2.45, 2.75) is 38.9 Å². The first-order valence-corrected chi connectivity index (χ1v) is 8.70. The average molecular weight is 353 g/mol. The van der Waals surface area contributed by atoms with Crippen LogP contribution in [0.3, 0.4) is 0 Å². The highest BCUT2D eigenvalue weighted by atomic mass is 16.7. The molecule has 0 aliphatic carbocycles. The maximum absolute atomic E-state index is 12.0. The maximum Gasteiger partial charge on any atom is 0.494 e. The van der Waals surface area contributed by atoms with Crippen molar-refractivity contribution in [3.05, 3.63) is 54.6 Å². The second-order valence-corrected chi connectivity index (χ2v) is 7.36. The van der Waals surface area contributed by atoms with Crippen molar-refractivity contribution in [3.63, 3.8) is 0 Å². The number of hydrogen-bond acceptors (Lipinski definition) is 4. The minimum atomic E-state index is -0.457. The molecule has 1 saturated heterocycles. The predicted octanol–water partition coefficient (Wildman–Crippen LogP) is 3.00. The van der Waals surface area contributed by atoms with E-state index < -0.39 is 18.3 Å². The van der Waals surface area contributed by atoms with Crippen molar-refractivity contribution >= 4 is 24.2 Å². The first-order valence-electron chi connectivity index (χ1n) is 8.70. The molecule has 136 valence electrons. The van der Waals surface area contributed by atoms with Crippen molar-refractivity contribution in [2.24, 2.45) is 0 Å². The zero-order chi connectivity index (χ0) is 18.8. The van der Waals surface area contributed by atoms with Gasteiger partial charge in [-0.1, -0.05) is 30.3 Å². The summed E-state index contributed by atoms with van der Waals surface area (Å²) in [6.07, 6.45) is 0. The largest absolute Gasteiger partial charge is 0.494 e. The molecule has 5 nitrogen and oxygen atoms in total. The van der Waals surface area contributed by atoms with Crippen LogP contribution in [0.1, 0.15) is 27.7 Å². The first kappa shape index (κ1) is 18.5. The van der Waals surface area contributed by atoms with E-state index in [0.29, 0.717) is 5.75 Å². The van der Waals surface area contributed by atoms with Crippen LogP contribution in [-0.4, -0.2) is 30.8 Å². The normalized spacial score (nSPS) is 17.8. The molecule has 3 rings (SSSR count). The van der Waals surface area contributed by atoms with Crippen LogP contribution in [0.5, 0.6) is 5.75 Å². The third kappa shape index (κ3) is 4.08. The summed E-state index contributed by atoms with van der Waals surface area (Å²) < 4.78 is 17.7. The summed E-state index contributed by atoms with van der Waals surface area (Å²) in [5.74, 6) is 0.387. The standard InChI is InChI=1S/C20H24BNO4/c1-19(2)20(3,4)26-21(25-19)15-9-8-12-17(13-15)24-14-18(23)22-16-10-6-5-7-11-16/h5-13H,14H2,1-4H3,(H,22,23). The van der Waals surface area contributed by atoms with E-state index in [0.717, 1.165) is 11.2 Å². The topological polar surface area (TPSA) is 56.8 Å². The van der Waals surface area contributed by atoms with E-state index in [1.54, 1.807) is 0 Å². The second kappa shape index (κ2) is 7.13. The van der Waals surface area contributed by atoms with Crippen LogP contribution in [0, 0.1) is 0 Å². The average Bonchev–Trinajstić information content (AvgIpc) is 2.82. The number of anilines is 1. The summed E-state index contributed by atoms with van der Waals surface area (Å²) in [6, 6.07) is 16.7. The third-order valence-corrected chi connectivity index (χ3v) is 4.81. The van der Waals surface area contributed by atoms with Crippen molar-refractivity contribution in [1.82, 2.24) is 0 Å². The van der Waals surface area contributed by atoms with Crippen molar-refractivity contribution in [1.29, 1.82) is 0 Å². The number of amides is 1. The van der Waals surface area contributed by atoms with Gasteiger partial charge in [0, 0.05) is 5.69 Å². The van der Waals surface area contributed by atoms with Crippen molar-refractivity contribution < 1.29 is 18.8 Å². The van der Waals surface area contributed by atoms with Gasteiger partial charge in [0.2, 0.25) is 0 Å². The zero-order valence-corrected chi connectivity index (χ0v) is 15.6. The highest BCUT2D eigenvalue weighted by Crippen LogP contribution is 2.36. The monoisotopic (exact) mass is 353 g/mol. The Bertz CT molecular complexity index is 760. The fourth-order valence-corrected chi connectivity index (χ4v) is 2.60. The Hall–Kier alpha value is -2.31. The van der Waals surface area contributed by atoms with Gasteiger partial charge in [0.15, 0.2) is 6.61 Å². The van der Waals surface area contributed by atoms with Gasteiger partial charge < -0.3 is 19.4 Å². The first-order chi connectivity index (χ1) is 12.3. The molecule has 0 spiro atoms. The highest BCUT2D eigenvalue weighted by molar-refractivity contribution is 6.62. The van der Waals surface area contributed by atoms with Crippen molar-refractivity contribution in [3.8, 4) is 5.75 Å². The number of rotatable bonds is 5. The Kier molecular flexibility index (Phi) is 5.07. The number of para-hydroxylation sites is 1. The lowest BCUT2D eigenvalue weighted by molar-refractivity contribution is -0.118. The lowest BCUT2D eigenvalue weighted by Gasteiger charge is -2.32. The molecule has 0 aromatic heterocycles. The molecule has 2 aromatic carbocycles. The summed E-state index contributed by atoms with van der Waals surface area (Å²) in [7, 11) is -0.457. The van der Waals surface area contributed by atoms with Gasteiger partial charge in [0.1, 0.15) is 5.75 Å². The van der Waals surface area contributed by atoms with E-state index in [1.165, 1.54) is 0 Å². The molecule has 6 heteroatoms. The molecule has 1 fully saturated rings. The predicted molar refractivity (Wildman–Crippen MR) is 103 cm³/mol. The van der Waals surface area contributed by atoms with Gasteiger partial charge in [0.05, 0.1) is 11.2 Å². The van der Waals surface area contributed by atoms with E-state index in [-0.39, 0.29) is 12.5 Å². The number of nitrogens with one attached hydrogen (secondary N) is 1. The van der Waals surface area contributed by atoms with Crippen LogP contribution < -0.4 is 15.5 Å². The van der Waals surface area contributed by atoms with Gasteiger partial charge in [-0.2, -0.15) is 0 Å². The Labute approximate surface area is 154 Å². The molecule has 0 atom stereocenters. The van der Waals surface area contributed by atoms with Gasteiger partial charge in [-0.05, 0) is 57.4 Å². The fourth-order valence-electron chi connectivity index (χ4n) is 2.60.